The van der Waals surface area contributed by atoms with Gasteiger partial charge in [-0.1, -0.05) is 19.4 Å². The average molecular weight is 388 g/mol. The second-order valence-corrected chi connectivity index (χ2v) is 5.62. The number of nitrogens with zero attached hydrogens (tertiary/aromatic N) is 1. The van der Waals surface area contributed by atoms with Crippen molar-refractivity contribution in [2.45, 2.75) is 25.8 Å². The summed E-state index contributed by atoms with van der Waals surface area (Å²) in [4.78, 5) is 2.50. The van der Waals surface area contributed by atoms with Crippen molar-refractivity contribution in [1.29, 1.82) is 0 Å². The SMILES string of the molecule is CCC[C@@H](c1ccc(F)c(Br)c1)N1CCNCC1.Cl.Cl. The zero-order valence-corrected chi connectivity index (χ0v) is 14.8. The molecule has 1 aliphatic heterocycles. The molecular weight excluding hydrogens is 366 g/mol. The van der Waals surface area contributed by atoms with Gasteiger partial charge >= 0.3 is 0 Å². The van der Waals surface area contributed by atoms with E-state index < -0.39 is 0 Å². The second-order valence-electron chi connectivity index (χ2n) is 4.76. The molecule has 0 bridgehead atoms. The van der Waals surface area contributed by atoms with E-state index in [-0.39, 0.29) is 30.6 Å². The van der Waals surface area contributed by atoms with E-state index in [1.807, 2.05) is 12.1 Å². The van der Waals surface area contributed by atoms with Crippen LogP contribution in [0.4, 0.5) is 4.39 Å². The zero-order chi connectivity index (χ0) is 13.0. The highest BCUT2D eigenvalue weighted by molar-refractivity contribution is 9.10. The maximum atomic E-state index is 13.3. The number of benzene rings is 1. The smallest absolute Gasteiger partial charge is 0.137 e. The van der Waals surface area contributed by atoms with Crippen LogP contribution < -0.4 is 5.32 Å². The maximum Gasteiger partial charge on any atom is 0.137 e. The molecule has 0 aromatic heterocycles. The lowest BCUT2D eigenvalue weighted by molar-refractivity contribution is 0.164. The van der Waals surface area contributed by atoms with Crippen molar-refractivity contribution in [1.82, 2.24) is 10.2 Å². The summed E-state index contributed by atoms with van der Waals surface area (Å²) < 4.78 is 13.9. The third-order valence-electron chi connectivity index (χ3n) is 3.48. The molecule has 1 fully saturated rings. The lowest BCUT2D eigenvalue weighted by Gasteiger charge is -2.35. The minimum atomic E-state index is -0.186. The number of nitrogens with one attached hydrogen (secondary N) is 1. The van der Waals surface area contributed by atoms with Gasteiger partial charge in [-0.3, -0.25) is 4.90 Å². The van der Waals surface area contributed by atoms with Crippen molar-refractivity contribution in [2.24, 2.45) is 0 Å². The van der Waals surface area contributed by atoms with E-state index in [0.717, 1.165) is 39.0 Å². The van der Waals surface area contributed by atoms with Crippen LogP contribution in [0.2, 0.25) is 0 Å². The first-order valence-electron chi connectivity index (χ1n) is 6.62. The molecule has 1 N–H and O–H groups in total. The van der Waals surface area contributed by atoms with Gasteiger partial charge in [0.15, 0.2) is 0 Å². The van der Waals surface area contributed by atoms with E-state index in [2.05, 4.69) is 33.1 Å². The van der Waals surface area contributed by atoms with Crippen LogP contribution in [0.25, 0.3) is 0 Å². The first-order valence-corrected chi connectivity index (χ1v) is 7.41. The van der Waals surface area contributed by atoms with Gasteiger partial charge in [0.05, 0.1) is 4.47 Å². The number of hydrogen-bond donors (Lipinski definition) is 1. The van der Waals surface area contributed by atoms with Crippen molar-refractivity contribution in [3.63, 3.8) is 0 Å². The zero-order valence-electron chi connectivity index (χ0n) is 11.6. The van der Waals surface area contributed by atoms with Crippen molar-refractivity contribution in [3.05, 3.63) is 34.1 Å². The quantitative estimate of drug-likeness (QED) is 0.833. The fourth-order valence-electron chi connectivity index (χ4n) is 2.55. The third kappa shape index (κ3) is 5.15. The van der Waals surface area contributed by atoms with E-state index in [1.165, 1.54) is 5.56 Å². The molecule has 116 valence electrons. The van der Waals surface area contributed by atoms with Gasteiger partial charge in [-0.25, -0.2) is 4.39 Å². The van der Waals surface area contributed by atoms with Crippen molar-refractivity contribution in [3.8, 4) is 0 Å². The molecule has 1 atom stereocenters. The van der Waals surface area contributed by atoms with Gasteiger partial charge in [0, 0.05) is 32.2 Å². The molecule has 1 saturated heterocycles. The predicted octanol–water partition coefficient (Wildman–Crippen LogP) is 4.18. The lowest BCUT2D eigenvalue weighted by atomic mass is 10.00. The molecule has 0 radical (unpaired) electrons. The summed E-state index contributed by atoms with van der Waals surface area (Å²) in [7, 11) is 0. The Labute approximate surface area is 141 Å². The topological polar surface area (TPSA) is 15.3 Å². The van der Waals surface area contributed by atoms with Crippen LogP contribution in [0.1, 0.15) is 31.4 Å². The van der Waals surface area contributed by atoms with E-state index in [9.17, 15) is 4.39 Å². The molecule has 0 unspecified atom stereocenters. The summed E-state index contributed by atoms with van der Waals surface area (Å²) in [5.74, 6) is -0.186. The van der Waals surface area contributed by atoms with E-state index >= 15 is 0 Å². The summed E-state index contributed by atoms with van der Waals surface area (Å²) in [6.45, 7) is 6.43. The van der Waals surface area contributed by atoms with Crippen LogP contribution in [0.3, 0.4) is 0 Å². The standard InChI is InChI=1S/C14H20BrFN2.2ClH/c1-2-3-14(18-8-6-17-7-9-18)11-4-5-13(16)12(15)10-11;;/h4-5,10,14,17H,2-3,6-9H2,1H3;2*1H/t14-;;/m0../s1. The Hall–Kier alpha value is 0.130. The van der Waals surface area contributed by atoms with Gasteiger partial charge in [0.25, 0.3) is 0 Å². The Morgan fingerprint density at radius 1 is 1.30 bits per heavy atom. The van der Waals surface area contributed by atoms with Gasteiger partial charge in [-0.15, -0.1) is 24.8 Å². The van der Waals surface area contributed by atoms with Crippen LogP contribution in [-0.2, 0) is 0 Å². The van der Waals surface area contributed by atoms with Crippen molar-refractivity contribution < 1.29 is 4.39 Å². The van der Waals surface area contributed by atoms with Gasteiger partial charge in [0.1, 0.15) is 5.82 Å². The summed E-state index contributed by atoms with van der Waals surface area (Å²) >= 11 is 3.28. The minimum Gasteiger partial charge on any atom is -0.314 e. The van der Waals surface area contributed by atoms with Crippen LogP contribution in [0.5, 0.6) is 0 Å². The molecule has 1 heterocycles. The summed E-state index contributed by atoms with van der Waals surface area (Å²) in [5, 5.41) is 3.37. The Morgan fingerprint density at radius 3 is 2.50 bits per heavy atom. The lowest BCUT2D eigenvalue weighted by Crippen LogP contribution is -2.45. The second kappa shape index (κ2) is 9.96. The molecule has 2 nitrogen and oxygen atoms in total. The van der Waals surface area contributed by atoms with E-state index in [1.54, 1.807) is 6.07 Å². The molecule has 0 spiro atoms. The van der Waals surface area contributed by atoms with Gasteiger partial charge in [0.2, 0.25) is 0 Å². The maximum absolute atomic E-state index is 13.3. The molecule has 0 aliphatic carbocycles. The summed E-state index contributed by atoms with van der Waals surface area (Å²) in [6, 6.07) is 5.82. The molecule has 1 aromatic rings. The molecule has 6 heteroatoms. The van der Waals surface area contributed by atoms with Crippen molar-refractivity contribution >= 4 is 40.7 Å². The Bertz CT molecular complexity index is 401. The van der Waals surface area contributed by atoms with Gasteiger partial charge in [-0.2, -0.15) is 0 Å². The number of rotatable bonds is 4. The summed E-state index contributed by atoms with van der Waals surface area (Å²) in [5.41, 5.74) is 1.21. The first kappa shape index (κ1) is 20.1. The monoisotopic (exact) mass is 386 g/mol. The van der Waals surface area contributed by atoms with E-state index in [4.69, 9.17) is 0 Å². The average Bonchev–Trinajstić information content (AvgIpc) is 2.40. The molecule has 2 rings (SSSR count). The normalized spacial score (nSPS) is 16.9. The van der Waals surface area contributed by atoms with Crippen LogP contribution in [0.15, 0.2) is 22.7 Å². The van der Waals surface area contributed by atoms with Crippen LogP contribution in [0, 0.1) is 5.82 Å². The fraction of sp³-hybridized carbons (Fsp3) is 0.571. The van der Waals surface area contributed by atoms with Crippen LogP contribution in [-0.4, -0.2) is 31.1 Å². The Morgan fingerprint density at radius 2 is 1.95 bits per heavy atom. The number of halogens is 4. The Balaban J connectivity index is 0.00000180. The van der Waals surface area contributed by atoms with Gasteiger partial charge in [-0.05, 0) is 40.0 Å². The molecular formula is C14H22BrCl2FN2. The first-order chi connectivity index (χ1) is 8.72. The highest BCUT2D eigenvalue weighted by Crippen LogP contribution is 2.29. The highest BCUT2D eigenvalue weighted by Gasteiger charge is 2.21. The van der Waals surface area contributed by atoms with Crippen LogP contribution >= 0.6 is 40.7 Å². The minimum absolute atomic E-state index is 0. The highest BCUT2D eigenvalue weighted by atomic mass is 79.9. The third-order valence-corrected chi connectivity index (χ3v) is 4.09. The number of piperazine rings is 1. The predicted molar refractivity (Wildman–Crippen MR) is 90.7 cm³/mol. The summed E-state index contributed by atoms with van der Waals surface area (Å²) in [6.07, 6.45) is 2.27. The fourth-order valence-corrected chi connectivity index (χ4v) is 2.94. The molecule has 0 amide bonds. The molecule has 0 saturated carbocycles. The van der Waals surface area contributed by atoms with Gasteiger partial charge < -0.3 is 5.32 Å². The molecule has 1 aliphatic rings. The van der Waals surface area contributed by atoms with E-state index in [0.29, 0.717) is 10.5 Å². The number of hydrogen-bond acceptors (Lipinski definition) is 2. The molecule has 1 aromatic carbocycles. The molecule has 20 heavy (non-hydrogen) atoms. The largest absolute Gasteiger partial charge is 0.314 e. The Kier molecular flexibility index (Phi) is 10.0. The van der Waals surface area contributed by atoms with Crippen molar-refractivity contribution in [2.75, 3.05) is 26.2 Å².